The summed E-state index contributed by atoms with van der Waals surface area (Å²) in [6.45, 7) is 3.87. The van der Waals surface area contributed by atoms with Gasteiger partial charge in [0.25, 0.3) is 0 Å². The van der Waals surface area contributed by atoms with E-state index in [0.29, 0.717) is 5.69 Å². The van der Waals surface area contributed by atoms with Crippen molar-refractivity contribution in [3.8, 4) is 0 Å². The summed E-state index contributed by atoms with van der Waals surface area (Å²) in [6, 6.07) is 3.76. The van der Waals surface area contributed by atoms with Gasteiger partial charge in [-0.2, -0.15) is 0 Å². The zero-order valence-corrected chi connectivity index (χ0v) is 10.0. The average Bonchev–Trinajstić information content (AvgIpc) is 2.59. The number of anilines is 1. The van der Waals surface area contributed by atoms with Gasteiger partial charge in [-0.1, -0.05) is 5.16 Å². The summed E-state index contributed by atoms with van der Waals surface area (Å²) in [7, 11) is 0. The molecule has 2 rings (SSSR count). The predicted octanol–water partition coefficient (Wildman–Crippen LogP) is 2.56. The summed E-state index contributed by atoms with van der Waals surface area (Å²) in [6.07, 6.45) is 1.66. The van der Waals surface area contributed by atoms with E-state index >= 15 is 0 Å². The molecule has 0 aliphatic rings. The van der Waals surface area contributed by atoms with Gasteiger partial charge in [0, 0.05) is 11.3 Å². The van der Waals surface area contributed by atoms with E-state index in [2.05, 4.69) is 10.1 Å². The fourth-order valence-electron chi connectivity index (χ4n) is 1.33. The van der Waals surface area contributed by atoms with Crippen LogP contribution in [0.1, 0.15) is 17.0 Å². The van der Waals surface area contributed by atoms with Crippen LogP contribution in [-0.2, 0) is 5.75 Å². The third-order valence-electron chi connectivity index (χ3n) is 2.30. The average molecular weight is 235 g/mol. The van der Waals surface area contributed by atoms with Gasteiger partial charge in [0.1, 0.15) is 5.76 Å². The van der Waals surface area contributed by atoms with Crippen LogP contribution in [-0.4, -0.2) is 10.1 Å². The van der Waals surface area contributed by atoms with Crippen molar-refractivity contribution in [2.75, 3.05) is 5.73 Å². The van der Waals surface area contributed by atoms with Gasteiger partial charge in [-0.3, -0.25) is 0 Å². The Kier molecular flexibility index (Phi) is 3.14. The van der Waals surface area contributed by atoms with Gasteiger partial charge in [0.15, 0.2) is 0 Å². The van der Waals surface area contributed by atoms with Crippen LogP contribution < -0.4 is 5.73 Å². The summed E-state index contributed by atoms with van der Waals surface area (Å²) in [5, 5.41) is 4.87. The number of thioether (sulfide) groups is 1. The van der Waals surface area contributed by atoms with Crippen molar-refractivity contribution in [2.24, 2.45) is 0 Å². The van der Waals surface area contributed by atoms with Gasteiger partial charge in [0.2, 0.25) is 0 Å². The lowest BCUT2D eigenvalue weighted by Crippen LogP contribution is -1.89. The summed E-state index contributed by atoms with van der Waals surface area (Å²) in [5.74, 6) is 1.69. The number of rotatable bonds is 3. The Balaban J connectivity index is 2.05. The molecule has 2 aromatic heterocycles. The molecule has 2 heterocycles. The molecule has 0 bridgehead atoms. The second-order valence-corrected chi connectivity index (χ2v) is 4.52. The Hall–Kier alpha value is -1.49. The third-order valence-corrected chi connectivity index (χ3v) is 3.28. The van der Waals surface area contributed by atoms with Gasteiger partial charge in [-0.05, 0) is 26.0 Å². The monoisotopic (exact) mass is 235 g/mol. The molecule has 0 fully saturated rings. The third kappa shape index (κ3) is 2.36. The molecule has 4 nitrogen and oxygen atoms in total. The topological polar surface area (TPSA) is 64.9 Å². The van der Waals surface area contributed by atoms with E-state index in [4.69, 9.17) is 10.3 Å². The Morgan fingerprint density at radius 2 is 2.19 bits per heavy atom. The minimum atomic E-state index is 0.682. The number of pyridine rings is 1. The van der Waals surface area contributed by atoms with E-state index in [9.17, 15) is 0 Å². The number of nitrogens with zero attached hydrogens (tertiary/aromatic N) is 2. The fourth-order valence-corrected chi connectivity index (χ4v) is 2.33. The van der Waals surface area contributed by atoms with E-state index in [0.717, 1.165) is 27.8 Å². The molecule has 2 aromatic rings. The highest BCUT2D eigenvalue weighted by molar-refractivity contribution is 7.98. The molecular weight excluding hydrogens is 222 g/mol. The Bertz CT molecular complexity index is 459. The molecule has 0 spiro atoms. The highest BCUT2D eigenvalue weighted by Crippen LogP contribution is 2.24. The number of aryl methyl sites for hydroxylation is 2. The normalized spacial score (nSPS) is 10.6. The number of nitrogen functional groups attached to an aromatic ring is 1. The lowest BCUT2D eigenvalue weighted by Gasteiger charge is -2.00. The number of nitrogens with two attached hydrogens (primary N) is 1. The van der Waals surface area contributed by atoms with Gasteiger partial charge in [0.05, 0.1) is 22.6 Å². The molecule has 0 saturated carbocycles. The van der Waals surface area contributed by atoms with Gasteiger partial charge in [-0.15, -0.1) is 11.8 Å². The molecule has 0 unspecified atom stereocenters. The van der Waals surface area contributed by atoms with E-state index in [1.165, 1.54) is 0 Å². The SMILES string of the molecule is Cc1noc(C)c1CSc1ccc(N)cn1. The highest BCUT2D eigenvalue weighted by atomic mass is 32.2. The predicted molar refractivity (Wildman–Crippen MR) is 64.2 cm³/mol. The van der Waals surface area contributed by atoms with Crippen LogP contribution in [0.4, 0.5) is 5.69 Å². The van der Waals surface area contributed by atoms with Crippen LogP contribution in [0.5, 0.6) is 0 Å². The van der Waals surface area contributed by atoms with Crippen LogP contribution in [0.15, 0.2) is 27.9 Å². The Labute approximate surface area is 98.2 Å². The molecule has 0 aliphatic carbocycles. The van der Waals surface area contributed by atoms with E-state index in [1.807, 2.05) is 26.0 Å². The summed E-state index contributed by atoms with van der Waals surface area (Å²) in [5.41, 5.74) is 8.34. The van der Waals surface area contributed by atoms with E-state index < -0.39 is 0 Å². The molecule has 5 heteroatoms. The molecule has 16 heavy (non-hydrogen) atoms. The van der Waals surface area contributed by atoms with Crippen LogP contribution in [0, 0.1) is 13.8 Å². The maximum atomic E-state index is 5.57. The minimum Gasteiger partial charge on any atom is -0.397 e. The number of aromatic nitrogens is 2. The zero-order valence-electron chi connectivity index (χ0n) is 9.23. The first kappa shape index (κ1) is 11.0. The first-order chi connectivity index (χ1) is 7.66. The highest BCUT2D eigenvalue weighted by Gasteiger charge is 2.09. The van der Waals surface area contributed by atoms with Crippen molar-refractivity contribution in [3.05, 3.63) is 35.3 Å². The summed E-state index contributed by atoms with van der Waals surface area (Å²) in [4.78, 5) is 4.22. The molecule has 84 valence electrons. The maximum Gasteiger partial charge on any atom is 0.137 e. The largest absolute Gasteiger partial charge is 0.397 e. The second-order valence-electron chi connectivity index (χ2n) is 3.52. The first-order valence-electron chi connectivity index (χ1n) is 4.93. The Morgan fingerprint density at radius 1 is 1.38 bits per heavy atom. The van der Waals surface area contributed by atoms with Crippen molar-refractivity contribution >= 4 is 17.4 Å². The number of hydrogen-bond donors (Lipinski definition) is 1. The van der Waals surface area contributed by atoms with Crippen molar-refractivity contribution in [3.63, 3.8) is 0 Å². The molecule has 0 aromatic carbocycles. The van der Waals surface area contributed by atoms with Gasteiger partial charge < -0.3 is 10.3 Å². The summed E-state index contributed by atoms with van der Waals surface area (Å²) >= 11 is 1.65. The second kappa shape index (κ2) is 4.57. The van der Waals surface area contributed by atoms with E-state index in [1.54, 1.807) is 18.0 Å². The maximum absolute atomic E-state index is 5.57. The smallest absolute Gasteiger partial charge is 0.137 e. The number of hydrogen-bond acceptors (Lipinski definition) is 5. The molecule has 0 atom stereocenters. The minimum absolute atomic E-state index is 0.682. The molecular formula is C11H13N3OS. The van der Waals surface area contributed by atoms with Gasteiger partial charge in [-0.25, -0.2) is 4.98 Å². The molecule has 0 radical (unpaired) electrons. The van der Waals surface area contributed by atoms with Crippen LogP contribution in [0.2, 0.25) is 0 Å². The van der Waals surface area contributed by atoms with Gasteiger partial charge >= 0.3 is 0 Å². The molecule has 2 N–H and O–H groups in total. The van der Waals surface area contributed by atoms with E-state index in [-0.39, 0.29) is 0 Å². The molecule has 0 aliphatic heterocycles. The zero-order chi connectivity index (χ0) is 11.5. The van der Waals surface area contributed by atoms with Crippen molar-refractivity contribution in [2.45, 2.75) is 24.6 Å². The van der Waals surface area contributed by atoms with Crippen molar-refractivity contribution in [1.82, 2.24) is 10.1 Å². The Morgan fingerprint density at radius 3 is 2.75 bits per heavy atom. The van der Waals surface area contributed by atoms with Crippen LogP contribution in [0.3, 0.4) is 0 Å². The standard InChI is InChI=1S/C11H13N3OS/c1-7-10(8(2)15-14-7)6-16-11-4-3-9(12)5-13-11/h3-5H,6,12H2,1-2H3. The van der Waals surface area contributed by atoms with Crippen molar-refractivity contribution < 1.29 is 4.52 Å². The first-order valence-corrected chi connectivity index (χ1v) is 5.91. The van der Waals surface area contributed by atoms with Crippen molar-refractivity contribution in [1.29, 1.82) is 0 Å². The lowest BCUT2D eigenvalue weighted by molar-refractivity contribution is 0.392. The fraction of sp³-hybridized carbons (Fsp3) is 0.273. The lowest BCUT2D eigenvalue weighted by atomic mass is 10.2. The van der Waals surface area contributed by atoms with Crippen LogP contribution >= 0.6 is 11.8 Å². The quantitative estimate of drug-likeness (QED) is 0.828. The molecule has 0 amide bonds. The molecule has 0 saturated heterocycles. The summed E-state index contributed by atoms with van der Waals surface area (Å²) < 4.78 is 5.10. The van der Waals surface area contributed by atoms with Crippen LogP contribution in [0.25, 0.3) is 0 Å².